The van der Waals surface area contributed by atoms with Crippen LogP contribution in [0.4, 0.5) is 0 Å². The van der Waals surface area contributed by atoms with Gasteiger partial charge in [0.25, 0.3) is 0 Å². The third kappa shape index (κ3) is 2.30. The van der Waals surface area contributed by atoms with Crippen LogP contribution in [0.3, 0.4) is 0 Å². The molecule has 82 valence electrons. The molecule has 0 unspecified atom stereocenters. The van der Waals surface area contributed by atoms with Crippen LogP contribution in [0.1, 0.15) is 26.3 Å². The van der Waals surface area contributed by atoms with Gasteiger partial charge in [-0.15, -0.1) is 0 Å². The Bertz CT molecular complexity index is 449. The lowest BCUT2D eigenvalue weighted by Gasteiger charge is -2.19. The summed E-state index contributed by atoms with van der Waals surface area (Å²) in [7, 11) is 0. The molecule has 0 aliphatic rings. The molecule has 0 bridgehead atoms. The molecule has 0 saturated heterocycles. The second-order valence-corrected chi connectivity index (χ2v) is 5.04. The minimum atomic E-state index is 0.211. The van der Waals surface area contributed by atoms with Crippen LogP contribution >= 0.6 is 0 Å². The summed E-state index contributed by atoms with van der Waals surface area (Å²) in [6.45, 7) is 6.67. The molecule has 0 atom stereocenters. The number of rotatable bonds is 1. The van der Waals surface area contributed by atoms with Crippen molar-refractivity contribution < 1.29 is 0 Å². The fourth-order valence-electron chi connectivity index (χ4n) is 1.67. The summed E-state index contributed by atoms with van der Waals surface area (Å²) in [5.74, 6) is 0. The van der Waals surface area contributed by atoms with Gasteiger partial charge in [-0.2, -0.15) is 0 Å². The standard InChI is InChI=1S/C15H17N/c1-15(2,3)13-9-7-12(8-10-13)14-6-4-5-11-16-14/h4-11H,1-3H3. The Kier molecular flexibility index (Phi) is 2.78. The molecule has 2 aromatic rings. The number of aromatic nitrogens is 1. The van der Waals surface area contributed by atoms with Gasteiger partial charge in [0.1, 0.15) is 0 Å². The fraction of sp³-hybridized carbons (Fsp3) is 0.267. The molecule has 1 nitrogen and oxygen atoms in total. The summed E-state index contributed by atoms with van der Waals surface area (Å²) in [5.41, 5.74) is 3.77. The highest BCUT2D eigenvalue weighted by atomic mass is 14.7. The highest BCUT2D eigenvalue weighted by molar-refractivity contribution is 5.59. The van der Waals surface area contributed by atoms with Crippen LogP contribution in [0.2, 0.25) is 0 Å². The third-order valence-electron chi connectivity index (χ3n) is 2.71. The second kappa shape index (κ2) is 4.09. The normalized spacial score (nSPS) is 11.4. The highest BCUT2D eigenvalue weighted by Gasteiger charge is 2.12. The highest BCUT2D eigenvalue weighted by Crippen LogP contribution is 2.24. The van der Waals surface area contributed by atoms with Gasteiger partial charge in [0.15, 0.2) is 0 Å². The van der Waals surface area contributed by atoms with E-state index in [-0.39, 0.29) is 5.41 Å². The molecule has 0 aliphatic heterocycles. The SMILES string of the molecule is CC(C)(C)c1ccc(-c2ccccn2)cc1. The molecule has 0 spiro atoms. The lowest BCUT2D eigenvalue weighted by molar-refractivity contribution is 0.590. The van der Waals surface area contributed by atoms with Gasteiger partial charge >= 0.3 is 0 Å². The maximum absolute atomic E-state index is 4.34. The minimum Gasteiger partial charge on any atom is -0.256 e. The van der Waals surface area contributed by atoms with E-state index >= 15 is 0 Å². The molecule has 1 aromatic carbocycles. The van der Waals surface area contributed by atoms with Crippen molar-refractivity contribution in [3.63, 3.8) is 0 Å². The molecule has 16 heavy (non-hydrogen) atoms. The number of hydrogen-bond donors (Lipinski definition) is 0. The Balaban J connectivity index is 2.34. The van der Waals surface area contributed by atoms with E-state index in [1.807, 2.05) is 24.4 Å². The lowest BCUT2D eigenvalue weighted by atomic mass is 9.86. The zero-order chi connectivity index (χ0) is 11.6. The molecule has 1 aromatic heterocycles. The summed E-state index contributed by atoms with van der Waals surface area (Å²) < 4.78 is 0. The van der Waals surface area contributed by atoms with Gasteiger partial charge in [0, 0.05) is 11.8 Å². The Morgan fingerprint density at radius 3 is 2.06 bits per heavy atom. The Morgan fingerprint density at radius 2 is 1.56 bits per heavy atom. The topological polar surface area (TPSA) is 12.9 Å². The van der Waals surface area contributed by atoms with Gasteiger partial charge in [-0.25, -0.2) is 0 Å². The first-order valence-electron chi connectivity index (χ1n) is 5.59. The van der Waals surface area contributed by atoms with Crippen molar-refractivity contribution in [2.75, 3.05) is 0 Å². The van der Waals surface area contributed by atoms with E-state index in [0.29, 0.717) is 0 Å². The van der Waals surface area contributed by atoms with Crippen LogP contribution in [0.25, 0.3) is 11.3 Å². The zero-order valence-corrected chi connectivity index (χ0v) is 10.1. The van der Waals surface area contributed by atoms with Crippen LogP contribution in [0.5, 0.6) is 0 Å². The van der Waals surface area contributed by atoms with Gasteiger partial charge in [-0.1, -0.05) is 51.1 Å². The number of hydrogen-bond acceptors (Lipinski definition) is 1. The van der Waals surface area contributed by atoms with E-state index in [1.165, 1.54) is 11.1 Å². The van der Waals surface area contributed by atoms with E-state index in [2.05, 4.69) is 50.0 Å². The van der Waals surface area contributed by atoms with Crippen molar-refractivity contribution in [1.82, 2.24) is 4.98 Å². The molecule has 0 fully saturated rings. The maximum Gasteiger partial charge on any atom is 0.0701 e. The van der Waals surface area contributed by atoms with Gasteiger partial charge in [0.2, 0.25) is 0 Å². The molecule has 0 aliphatic carbocycles. The molecule has 1 heteroatoms. The zero-order valence-electron chi connectivity index (χ0n) is 10.1. The van der Waals surface area contributed by atoms with Crippen LogP contribution in [0.15, 0.2) is 48.7 Å². The van der Waals surface area contributed by atoms with E-state index in [9.17, 15) is 0 Å². The number of pyridine rings is 1. The Hall–Kier alpha value is -1.63. The summed E-state index contributed by atoms with van der Waals surface area (Å²) in [5, 5.41) is 0. The fourth-order valence-corrected chi connectivity index (χ4v) is 1.67. The summed E-state index contributed by atoms with van der Waals surface area (Å²) >= 11 is 0. The third-order valence-corrected chi connectivity index (χ3v) is 2.71. The second-order valence-electron chi connectivity index (χ2n) is 5.04. The quantitative estimate of drug-likeness (QED) is 0.693. The van der Waals surface area contributed by atoms with Gasteiger partial charge in [0.05, 0.1) is 5.69 Å². The van der Waals surface area contributed by atoms with Crippen LogP contribution in [-0.4, -0.2) is 4.98 Å². The van der Waals surface area contributed by atoms with Crippen LogP contribution < -0.4 is 0 Å². The van der Waals surface area contributed by atoms with E-state index in [4.69, 9.17) is 0 Å². The van der Waals surface area contributed by atoms with E-state index in [1.54, 1.807) is 0 Å². The van der Waals surface area contributed by atoms with Gasteiger partial charge in [-0.3, -0.25) is 4.98 Å². The summed E-state index contributed by atoms with van der Waals surface area (Å²) in [6, 6.07) is 14.6. The first-order valence-corrected chi connectivity index (χ1v) is 5.59. The van der Waals surface area contributed by atoms with Crippen LogP contribution in [0, 0.1) is 0 Å². The first kappa shape index (κ1) is 10.9. The average Bonchev–Trinajstić information content (AvgIpc) is 2.29. The number of benzene rings is 1. The molecule has 0 saturated carbocycles. The monoisotopic (exact) mass is 211 g/mol. The van der Waals surface area contributed by atoms with Crippen LogP contribution in [-0.2, 0) is 5.41 Å². The molecular formula is C15H17N. The maximum atomic E-state index is 4.34. The van der Waals surface area contributed by atoms with Crippen molar-refractivity contribution in [3.05, 3.63) is 54.2 Å². The Morgan fingerprint density at radius 1 is 0.875 bits per heavy atom. The average molecular weight is 211 g/mol. The molecule has 0 amide bonds. The van der Waals surface area contributed by atoms with E-state index in [0.717, 1.165) is 5.69 Å². The lowest BCUT2D eigenvalue weighted by Crippen LogP contribution is -2.10. The first-order chi connectivity index (χ1) is 7.57. The number of nitrogens with zero attached hydrogens (tertiary/aromatic N) is 1. The molecule has 2 rings (SSSR count). The molecular weight excluding hydrogens is 194 g/mol. The Labute approximate surface area is 97.2 Å². The van der Waals surface area contributed by atoms with Gasteiger partial charge < -0.3 is 0 Å². The van der Waals surface area contributed by atoms with Crippen molar-refractivity contribution in [2.45, 2.75) is 26.2 Å². The van der Waals surface area contributed by atoms with Crippen molar-refractivity contribution in [3.8, 4) is 11.3 Å². The van der Waals surface area contributed by atoms with E-state index < -0.39 is 0 Å². The van der Waals surface area contributed by atoms with Crippen molar-refractivity contribution >= 4 is 0 Å². The molecule has 0 N–H and O–H groups in total. The summed E-state index contributed by atoms with van der Waals surface area (Å²) in [4.78, 5) is 4.34. The van der Waals surface area contributed by atoms with Gasteiger partial charge in [-0.05, 0) is 23.1 Å². The predicted molar refractivity (Wildman–Crippen MR) is 68.4 cm³/mol. The molecule has 1 heterocycles. The molecule has 0 radical (unpaired) electrons. The minimum absolute atomic E-state index is 0.211. The largest absolute Gasteiger partial charge is 0.256 e. The predicted octanol–water partition coefficient (Wildman–Crippen LogP) is 4.05. The van der Waals surface area contributed by atoms with Crippen molar-refractivity contribution in [1.29, 1.82) is 0 Å². The van der Waals surface area contributed by atoms with Crippen molar-refractivity contribution in [2.24, 2.45) is 0 Å². The smallest absolute Gasteiger partial charge is 0.0701 e. The summed E-state index contributed by atoms with van der Waals surface area (Å²) in [6.07, 6.45) is 1.83.